The summed E-state index contributed by atoms with van der Waals surface area (Å²) in [4.78, 5) is 16.5. The fourth-order valence-corrected chi connectivity index (χ4v) is 4.17. The molecule has 0 aliphatic carbocycles. The standard InChI is InChI=1S/C21H32N2O4/c1-22(12-13-26-2)16-20(25)23-10-8-21(9-11-23)15-18(24)14-19(27-21)17-6-4-3-5-7-17/h3-7,18-19,24H,8-16H2,1-2H3/t18-,19-/m1/s1. The van der Waals surface area contributed by atoms with Gasteiger partial charge in [0.2, 0.25) is 5.91 Å². The van der Waals surface area contributed by atoms with Gasteiger partial charge in [-0.2, -0.15) is 0 Å². The molecule has 1 aromatic carbocycles. The van der Waals surface area contributed by atoms with Crippen LogP contribution in [0.3, 0.4) is 0 Å². The zero-order chi connectivity index (χ0) is 19.3. The summed E-state index contributed by atoms with van der Waals surface area (Å²) in [5, 5.41) is 10.5. The Morgan fingerprint density at radius 2 is 2.04 bits per heavy atom. The first-order chi connectivity index (χ1) is 13.0. The molecule has 0 aromatic heterocycles. The Kier molecular flexibility index (Phi) is 6.87. The second kappa shape index (κ2) is 9.15. The first kappa shape index (κ1) is 20.3. The van der Waals surface area contributed by atoms with Crippen LogP contribution >= 0.6 is 0 Å². The zero-order valence-electron chi connectivity index (χ0n) is 16.5. The monoisotopic (exact) mass is 376 g/mol. The lowest BCUT2D eigenvalue weighted by Crippen LogP contribution is -2.53. The Morgan fingerprint density at radius 1 is 1.33 bits per heavy atom. The number of aliphatic hydroxyl groups is 1. The van der Waals surface area contributed by atoms with Gasteiger partial charge in [-0.15, -0.1) is 0 Å². The first-order valence-electron chi connectivity index (χ1n) is 9.87. The summed E-state index contributed by atoms with van der Waals surface area (Å²) in [7, 11) is 3.61. The number of nitrogens with zero attached hydrogens (tertiary/aromatic N) is 2. The number of carbonyl (C=O) groups is 1. The van der Waals surface area contributed by atoms with E-state index in [1.54, 1.807) is 7.11 Å². The Hall–Kier alpha value is -1.47. The van der Waals surface area contributed by atoms with E-state index in [-0.39, 0.29) is 23.7 Å². The number of likely N-dealkylation sites (tertiary alicyclic amines) is 1. The van der Waals surface area contributed by atoms with Crippen molar-refractivity contribution in [1.82, 2.24) is 9.80 Å². The van der Waals surface area contributed by atoms with E-state index in [9.17, 15) is 9.90 Å². The predicted octanol–water partition coefficient (Wildman–Crippen LogP) is 1.84. The molecule has 1 aromatic rings. The van der Waals surface area contributed by atoms with E-state index in [1.165, 1.54) is 0 Å². The van der Waals surface area contributed by atoms with Gasteiger partial charge >= 0.3 is 0 Å². The van der Waals surface area contributed by atoms with Gasteiger partial charge in [-0.05, 0) is 25.5 Å². The van der Waals surface area contributed by atoms with Crippen LogP contribution in [0.5, 0.6) is 0 Å². The predicted molar refractivity (Wildman–Crippen MR) is 103 cm³/mol. The van der Waals surface area contributed by atoms with Crippen LogP contribution in [0.15, 0.2) is 30.3 Å². The molecule has 6 nitrogen and oxygen atoms in total. The molecule has 2 saturated heterocycles. The number of amides is 1. The Morgan fingerprint density at radius 3 is 2.70 bits per heavy atom. The summed E-state index contributed by atoms with van der Waals surface area (Å²) in [5.74, 6) is 0.152. The minimum absolute atomic E-state index is 0.0719. The summed E-state index contributed by atoms with van der Waals surface area (Å²) < 4.78 is 11.6. The molecule has 2 fully saturated rings. The number of aliphatic hydroxyl groups excluding tert-OH is 1. The van der Waals surface area contributed by atoms with Gasteiger partial charge in [0, 0.05) is 39.6 Å². The number of methoxy groups -OCH3 is 1. The van der Waals surface area contributed by atoms with Crippen LogP contribution in [0.4, 0.5) is 0 Å². The highest BCUT2D eigenvalue weighted by Crippen LogP contribution is 2.42. The second-order valence-electron chi connectivity index (χ2n) is 7.91. The molecule has 1 N–H and O–H groups in total. The van der Waals surface area contributed by atoms with E-state index in [2.05, 4.69) is 12.1 Å². The summed E-state index contributed by atoms with van der Waals surface area (Å²) in [6.45, 7) is 3.15. The van der Waals surface area contributed by atoms with Crippen molar-refractivity contribution < 1.29 is 19.4 Å². The summed E-state index contributed by atoms with van der Waals surface area (Å²) >= 11 is 0. The third-order valence-corrected chi connectivity index (χ3v) is 5.77. The smallest absolute Gasteiger partial charge is 0.236 e. The average molecular weight is 376 g/mol. The molecule has 6 heteroatoms. The van der Waals surface area contributed by atoms with E-state index >= 15 is 0 Å². The molecule has 1 amide bonds. The van der Waals surface area contributed by atoms with Gasteiger partial charge in [-0.1, -0.05) is 30.3 Å². The highest BCUT2D eigenvalue weighted by molar-refractivity contribution is 5.78. The van der Waals surface area contributed by atoms with Crippen LogP contribution in [0.25, 0.3) is 0 Å². The first-order valence-corrected chi connectivity index (χ1v) is 9.87. The minimum Gasteiger partial charge on any atom is -0.393 e. The van der Waals surface area contributed by atoms with E-state index < -0.39 is 0 Å². The highest BCUT2D eigenvalue weighted by Gasteiger charge is 2.44. The number of piperidine rings is 1. The molecule has 2 heterocycles. The number of ether oxygens (including phenoxy) is 2. The Labute approximate surface area is 162 Å². The van der Waals surface area contributed by atoms with Gasteiger partial charge in [0.05, 0.1) is 31.0 Å². The van der Waals surface area contributed by atoms with E-state index in [0.717, 1.165) is 24.9 Å². The van der Waals surface area contributed by atoms with Crippen LogP contribution in [-0.2, 0) is 14.3 Å². The lowest BCUT2D eigenvalue weighted by atomic mass is 9.81. The molecular weight excluding hydrogens is 344 g/mol. The van der Waals surface area contributed by atoms with Gasteiger partial charge in [0.1, 0.15) is 0 Å². The van der Waals surface area contributed by atoms with Gasteiger partial charge in [0.25, 0.3) is 0 Å². The Bertz CT molecular complexity index is 601. The second-order valence-corrected chi connectivity index (χ2v) is 7.91. The van der Waals surface area contributed by atoms with Crippen LogP contribution in [-0.4, -0.2) is 79.5 Å². The molecule has 150 valence electrons. The third-order valence-electron chi connectivity index (χ3n) is 5.77. The lowest BCUT2D eigenvalue weighted by molar-refractivity contribution is -0.186. The quantitative estimate of drug-likeness (QED) is 0.821. The van der Waals surface area contributed by atoms with Gasteiger partial charge in [0.15, 0.2) is 0 Å². The SMILES string of the molecule is COCCN(C)CC(=O)N1CCC2(CC1)C[C@H](O)C[C@H](c1ccccc1)O2. The lowest BCUT2D eigenvalue weighted by Gasteiger charge is -2.48. The van der Waals surface area contributed by atoms with Crippen LogP contribution < -0.4 is 0 Å². The molecule has 1 spiro atoms. The number of hydrogen-bond donors (Lipinski definition) is 1. The van der Waals surface area contributed by atoms with E-state index in [4.69, 9.17) is 9.47 Å². The highest BCUT2D eigenvalue weighted by atomic mass is 16.5. The van der Waals surface area contributed by atoms with Gasteiger partial charge in [-0.25, -0.2) is 0 Å². The van der Waals surface area contributed by atoms with Crippen molar-refractivity contribution >= 4 is 5.91 Å². The number of carbonyl (C=O) groups excluding carboxylic acids is 1. The van der Waals surface area contributed by atoms with Crippen molar-refractivity contribution in [1.29, 1.82) is 0 Å². The van der Waals surface area contributed by atoms with Crippen LogP contribution in [0.1, 0.15) is 37.4 Å². The van der Waals surface area contributed by atoms with Crippen LogP contribution in [0, 0.1) is 0 Å². The molecule has 2 aliphatic heterocycles. The maximum absolute atomic E-state index is 12.5. The molecular formula is C21H32N2O4. The van der Waals surface area contributed by atoms with Gasteiger partial charge < -0.3 is 19.5 Å². The summed E-state index contributed by atoms with van der Waals surface area (Å²) in [6.07, 6.45) is 2.43. The number of benzene rings is 1. The number of likely N-dealkylation sites (N-methyl/N-ethyl adjacent to an activating group) is 1. The molecule has 0 radical (unpaired) electrons. The molecule has 27 heavy (non-hydrogen) atoms. The van der Waals surface area contributed by atoms with E-state index in [0.29, 0.717) is 39.1 Å². The Balaban J connectivity index is 1.56. The van der Waals surface area contributed by atoms with Crippen molar-refractivity contribution in [3.05, 3.63) is 35.9 Å². The zero-order valence-corrected chi connectivity index (χ0v) is 16.5. The largest absolute Gasteiger partial charge is 0.393 e. The third kappa shape index (κ3) is 5.29. The van der Waals surface area contributed by atoms with E-state index in [1.807, 2.05) is 35.0 Å². The van der Waals surface area contributed by atoms with Crippen molar-refractivity contribution in [2.45, 2.75) is 43.5 Å². The maximum atomic E-state index is 12.5. The fraction of sp³-hybridized carbons (Fsp3) is 0.667. The fourth-order valence-electron chi connectivity index (χ4n) is 4.17. The topological polar surface area (TPSA) is 62.2 Å². The molecule has 2 atom stereocenters. The van der Waals surface area contributed by atoms with Crippen molar-refractivity contribution in [3.8, 4) is 0 Å². The van der Waals surface area contributed by atoms with Crippen molar-refractivity contribution in [2.24, 2.45) is 0 Å². The van der Waals surface area contributed by atoms with Crippen molar-refractivity contribution in [2.75, 3.05) is 46.9 Å². The van der Waals surface area contributed by atoms with Crippen LogP contribution in [0.2, 0.25) is 0 Å². The number of hydrogen-bond acceptors (Lipinski definition) is 5. The molecule has 0 unspecified atom stereocenters. The molecule has 0 bridgehead atoms. The molecule has 0 saturated carbocycles. The maximum Gasteiger partial charge on any atom is 0.236 e. The van der Waals surface area contributed by atoms with Crippen molar-refractivity contribution in [3.63, 3.8) is 0 Å². The average Bonchev–Trinajstić information content (AvgIpc) is 2.67. The molecule has 3 rings (SSSR count). The molecule has 2 aliphatic rings. The summed E-state index contributed by atoms with van der Waals surface area (Å²) in [5.41, 5.74) is 0.797. The minimum atomic E-state index is -0.355. The van der Waals surface area contributed by atoms with Gasteiger partial charge in [-0.3, -0.25) is 9.69 Å². The normalized spacial score (nSPS) is 25.1. The summed E-state index contributed by atoms with van der Waals surface area (Å²) in [6, 6.07) is 10.1. The number of rotatable bonds is 6.